The largest absolute Gasteiger partial charge is 0.337 e. The zero-order valence-corrected chi connectivity index (χ0v) is 9.77. The van der Waals surface area contributed by atoms with E-state index in [0.29, 0.717) is 10.7 Å². The van der Waals surface area contributed by atoms with Gasteiger partial charge in [0.1, 0.15) is 6.42 Å². The number of nitrogens with zero attached hydrogens (tertiary/aromatic N) is 2. The first-order valence-electron chi connectivity index (χ1n) is 4.90. The van der Waals surface area contributed by atoms with Crippen LogP contribution in [0.4, 0.5) is 10.5 Å². The molecule has 0 unspecified atom stereocenters. The molecule has 1 aromatic rings. The molecule has 4 amide bonds. The van der Waals surface area contributed by atoms with Crippen molar-refractivity contribution in [3.8, 4) is 0 Å². The molecule has 0 aliphatic carbocycles. The summed E-state index contributed by atoms with van der Waals surface area (Å²) in [7, 11) is 1.34. The van der Waals surface area contributed by atoms with Crippen molar-refractivity contribution in [3.63, 3.8) is 0 Å². The molecule has 2 rings (SSSR count). The number of amides is 4. The smallest absolute Gasteiger partial charge is 0.274 e. The standard InChI is InChI=1S/C11H9ClN2O3/c1-13-9(15)6-10(16)14(11(13)17)8-4-2-3-7(12)5-8/h2-5H,6H2,1H3. The van der Waals surface area contributed by atoms with Crippen LogP contribution in [-0.2, 0) is 9.59 Å². The minimum Gasteiger partial charge on any atom is -0.274 e. The predicted octanol–water partition coefficient (Wildman–Crippen LogP) is 1.66. The zero-order valence-electron chi connectivity index (χ0n) is 9.01. The predicted molar refractivity (Wildman–Crippen MR) is 61.7 cm³/mol. The molecule has 1 heterocycles. The van der Waals surface area contributed by atoms with Crippen molar-refractivity contribution >= 4 is 35.1 Å². The second-order valence-electron chi connectivity index (χ2n) is 3.62. The van der Waals surface area contributed by atoms with Crippen LogP contribution in [-0.4, -0.2) is 29.8 Å². The molecule has 1 aliphatic rings. The van der Waals surface area contributed by atoms with Gasteiger partial charge >= 0.3 is 6.03 Å². The highest BCUT2D eigenvalue weighted by molar-refractivity contribution is 6.31. The van der Waals surface area contributed by atoms with Gasteiger partial charge in [-0.25, -0.2) is 9.69 Å². The zero-order chi connectivity index (χ0) is 12.6. The number of imide groups is 2. The van der Waals surface area contributed by atoms with Crippen molar-refractivity contribution in [1.29, 1.82) is 0 Å². The molecule has 0 atom stereocenters. The van der Waals surface area contributed by atoms with Crippen LogP contribution in [0.1, 0.15) is 6.42 Å². The van der Waals surface area contributed by atoms with Gasteiger partial charge in [0.25, 0.3) is 0 Å². The Morgan fingerprint density at radius 3 is 2.53 bits per heavy atom. The monoisotopic (exact) mass is 252 g/mol. The van der Waals surface area contributed by atoms with Crippen molar-refractivity contribution in [2.45, 2.75) is 6.42 Å². The number of benzene rings is 1. The molecule has 1 saturated heterocycles. The van der Waals surface area contributed by atoms with Crippen LogP contribution in [0.25, 0.3) is 0 Å². The van der Waals surface area contributed by atoms with E-state index in [9.17, 15) is 14.4 Å². The molecule has 0 aromatic heterocycles. The van der Waals surface area contributed by atoms with Crippen LogP contribution in [0.5, 0.6) is 0 Å². The third kappa shape index (κ3) is 2.01. The molecule has 1 fully saturated rings. The molecule has 1 aliphatic heterocycles. The molecule has 0 bridgehead atoms. The average Bonchev–Trinajstić information content (AvgIpc) is 2.26. The van der Waals surface area contributed by atoms with Crippen molar-refractivity contribution in [1.82, 2.24) is 4.90 Å². The summed E-state index contributed by atoms with van der Waals surface area (Å²) >= 11 is 5.79. The number of rotatable bonds is 1. The Hall–Kier alpha value is -1.88. The first-order valence-corrected chi connectivity index (χ1v) is 5.27. The highest BCUT2D eigenvalue weighted by Crippen LogP contribution is 2.23. The van der Waals surface area contributed by atoms with Gasteiger partial charge in [-0.2, -0.15) is 0 Å². The lowest BCUT2D eigenvalue weighted by atomic mass is 10.2. The molecule has 0 saturated carbocycles. The fraction of sp³-hybridized carbons (Fsp3) is 0.182. The molecule has 0 N–H and O–H groups in total. The van der Waals surface area contributed by atoms with Crippen LogP contribution in [0.15, 0.2) is 24.3 Å². The Kier molecular flexibility index (Phi) is 2.85. The topological polar surface area (TPSA) is 57.7 Å². The van der Waals surface area contributed by atoms with Crippen molar-refractivity contribution in [3.05, 3.63) is 29.3 Å². The number of barbiturate groups is 1. The number of anilines is 1. The first-order chi connectivity index (χ1) is 8.00. The van der Waals surface area contributed by atoms with Gasteiger partial charge in [-0.05, 0) is 18.2 Å². The average molecular weight is 253 g/mol. The number of halogens is 1. The normalized spacial score (nSPS) is 16.7. The number of carbonyl (C=O) groups excluding carboxylic acids is 3. The number of hydrogen-bond donors (Lipinski definition) is 0. The maximum atomic E-state index is 11.8. The lowest BCUT2D eigenvalue weighted by Crippen LogP contribution is -2.53. The Balaban J connectivity index is 2.41. The van der Waals surface area contributed by atoms with Crippen LogP contribution in [0.3, 0.4) is 0 Å². The molecule has 0 radical (unpaired) electrons. The van der Waals surface area contributed by atoms with Crippen molar-refractivity contribution in [2.24, 2.45) is 0 Å². The fourth-order valence-corrected chi connectivity index (χ4v) is 1.74. The summed E-state index contributed by atoms with van der Waals surface area (Å²) < 4.78 is 0. The third-order valence-corrected chi connectivity index (χ3v) is 2.71. The van der Waals surface area contributed by atoms with Gasteiger partial charge in [0.2, 0.25) is 11.8 Å². The number of carbonyl (C=O) groups is 3. The lowest BCUT2D eigenvalue weighted by molar-refractivity contribution is -0.133. The molecule has 17 heavy (non-hydrogen) atoms. The summed E-state index contributed by atoms with van der Waals surface area (Å²) in [5.41, 5.74) is 0.367. The van der Waals surface area contributed by atoms with Gasteiger partial charge in [-0.3, -0.25) is 14.5 Å². The Morgan fingerprint density at radius 1 is 1.18 bits per heavy atom. The van der Waals surface area contributed by atoms with Crippen molar-refractivity contribution in [2.75, 3.05) is 11.9 Å². The Morgan fingerprint density at radius 2 is 1.88 bits per heavy atom. The van der Waals surface area contributed by atoms with E-state index in [1.807, 2.05) is 0 Å². The van der Waals surface area contributed by atoms with Crippen LogP contribution in [0, 0.1) is 0 Å². The van der Waals surface area contributed by atoms with Crippen molar-refractivity contribution < 1.29 is 14.4 Å². The lowest BCUT2D eigenvalue weighted by Gasteiger charge is -2.30. The molecule has 1 aromatic carbocycles. The minimum atomic E-state index is -0.659. The summed E-state index contributed by atoms with van der Waals surface area (Å²) in [6, 6.07) is 5.70. The molecule has 6 heteroatoms. The first kappa shape index (κ1) is 11.6. The van der Waals surface area contributed by atoms with E-state index < -0.39 is 17.8 Å². The van der Waals surface area contributed by atoms with Gasteiger partial charge in [0.15, 0.2) is 0 Å². The third-order valence-electron chi connectivity index (χ3n) is 2.47. The number of hydrogen-bond acceptors (Lipinski definition) is 3. The van der Waals surface area contributed by atoms with E-state index >= 15 is 0 Å². The summed E-state index contributed by atoms with van der Waals surface area (Å²) in [4.78, 5) is 36.7. The SMILES string of the molecule is CN1C(=O)CC(=O)N(c2cccc(Cl)c2)C1=O. The summed E-state index contributed by atoms with van der Waals surface area (Å²) in [6.45, 7) is 0. The second-order valence-corrected chi connectivity index (χ2v) is 4.06. The molecular formula is C11H9ClN2O3. The van der Waals surface area contributed by atoms with E-state index in [1.54, 1.807) is 18.2 Å². The molecule has 88 valence electrons. The minimum absolute atomic E-state index is 0.311. The van der Waals surface area contributed by atoms with E-state index in [-0.39, 0.29) is 6.42 Å². The van der Waals surface area contributed by atoms with Crippen LogP contribution < -0.4 is 4.90 Å². The maximum Gasteiger partial charge on any atom is 0.337 e. The van der Waals surface area contributed by atoms with Gasteiger partial charge in [0, 0.05) is 12.1 Å². The van der Waals surface area contributed by atoms with Crippen LogP contribution >= 0.6 is 11.6 Å². The van der Waals surface area contributed by atoms with Gasteiger partial charge in [-0.15, -0.1) is 0 Å². The van der Waals surface area contributed by atoms with Gasteiger partial charge in [0.05, 0.1) is 5.69 Å². The Labute approximate surface area is 103 Å². The fourth-order valence-electron chi connectivity index (χ4n) is 1.56. The second kappa shape index (κ2) is 4.18. The summed E-state index contributed by atoms with van der Waals surface area (Å²) in [5.74, 6) is -1.04. The van der Waals surface area contributed by atoms with Gasteiger partial charge < -0.3 is 0 Å². The van der Waals surface area contributed by atoms with Crippen LogP contribution in [0.2, 0.25) is 5.02 Å². The van der Waals surface area contributed by atoms with E-state index in [0.717, 1.165) is 9.80 Å². The molecular weight excluding hydrogens is 244 g/mol. The van der Waals surface area contributed by atoms with E-state index in [4.69, 9.17) is 11.6 Å². The quantitative estimate of drug-likeness (QED) is 0.714. The van der Waals surface area contributed by atoms with E-state index in [2.05, 4.69) is 0 Å². The Bertz CT molecular complexity index is 515. The highest BCUT2D eigenvalue weighted by atomic mass is 35.5. The number of urea groups is 1. The summed E-state index contributed by atoms with van der Waals surface area (Å²) in [5, 5.41) is 0.419. The molecule has 0 spiro atoms. The van der Waals surface area contributed by atoms with E-state index in [1.165, 1.54) is 13.1 Å². The summed E-state index contributed by atoms with van der Waals surface area (Å²) in [6.07, 6.45) is -0.311. The van der Waals surface area contributed by atoms with Gasteiger partial charge in [-0.1, -0.05) is 17.7 Å². The maximum absolute atomic E-state index is 11.8. The highest BCUT2D eigenvalue weighted by Gasteiger charge is 2.36. The molecule has 5 nitrogen and oxygen atoms in total.